The average molecular weight is 847 g/mol. The third kappa shape index (κ3) is 5.69. The Morgan fingerprint density at radius 2 is 1.23 bits per heavy atom. The topological polar surface area (TPSA) is 21.9 Å². The van der Waals surface area contributed by atoms with Crippen molar-refractivity contribution in [1.82, 2.24) is 4.57 Å². The van der Waals surface area contributed by atoms with Crippen LogP contribution in [0.2, 0.25) is 0 Å². The van der Waals surface area contributed by atoms with Crippen LogP contribution in [-0.2, 0) is 16.7 Å². The van der Waals surface area contributed by atoms with Crippen LogP contribution in [0.15, 0.2) is 164 Å². The van der Waals surface area contributed by atoms with E-state index in [1.807, 2.05) is 13.8 Å². The monoisotopic (exact) mass is 846 g/mol. The van der Waals surface area contributed by atoms with Gasteiger partial charge >= 0.3 is 11.7 Å². The highest BCUT2D eigenvalue weighted by atomic mass is 16.5. The Morgan fingerprint density at radius 3 is 1.95 bits per heavy atom. The zero-order valence-electron chi connectivity index (χ0n) is 39.8. The highest BCUT2D eigenvalue weighted by Gasteiger charge is 2.68. The van der Waals surface area contributed by atoms with Gasteiger partial charge in [-0.15, -0.1) is 9.13 Å². The van der Waals surface area contributed by atoms with Crippen LogP contribution in [0.5, 0.6) is 5.75 Å². The van der Waals surface area contributed by atoms with Gasteiger partial charge in [0.05, 0.1) is 5.56 Å². The maximum atomic E-state index is 8.66. The summed E-state index contributed by atoms with van der Waals surface area (Å²) in [5.41, 5.74) is 22.0. The molecule has 0 N–H and O–H groups in total. The Kier molecular flexibility index (Phi) is 8.12. The van der Waals surface area contributed by atoms with E-state index in [0.29, 0.717) is 0 Å². The smallest absolute Gasteiger partial charge is 0.392 e. The number of aryl methyl sites for hydroxylation is 1. The molecule has 1 unspecified atom stereocenters. The van der Waals surface area contributed by atoms with Crippen LogP contribution in [0.1, 0.15) is 90.5 Å². The lowest BCUT2D eigenvalue weighted by atomic mass is 9.80. The summed E-state index contributed by atoms with van der Waals surface area (Å²) in [6, 6.07) is 58.3. The van der Waals surface area contributed by atoms with Gasteiger partial charge in [0.2, 0.25) is 5.69 Å². The summed E-state index contributed by atoms with van der Waals surface area (Å²) in [5.74, 6) is 0.179. The summed E-state index contributed by atoms with van der Waals surface area (Å²) in [6.07, 6.45) is 2.25. The van der Waals surface area contributed by atoms with E-state index in [1.54, 1.807) is 0 Å². The molecule has 7 aromatic carbocycles. The lowest BCUT2D eigenvalue weighted by Crippen LogP contribution is -2.78. The molecule has 0 radical (unpaired) electrons. The fourth-order valence-corrected chi connectivity index (χ4v) is 10.8. The molecule has 3 aliphatic heterocycles. The minimum Gasteiger partial charge on any atom is -0.392 e. The number of benzene rings is 7. The Morgan fingerprint density at radius 1 is 0.569 bits per heavy atom. The SMILES string of the molecule is [2H]C(C)(C)c1ccc(-c2cc[n+]3c(c2)-c2cc(C(C)(C)C)cc4c2C32Oc3ccccc3-c3n(-c5cc(C)c(-c6ccccc6)cc5-c5ccc(C(C)(C)C)cc5)c5cccc-4c5[n+]32)cc1. The quantitative estimate of drug-likeness (QED) is 0.158. The van der Waals surface area contributed by atoms with E-state index in [-0.39, 0.29) is 10.8 Å². The average Bonchev–Trinajstić information content (AvgIpc) is 3.79. The van der Waals surface area contributed by atoms with E-state index in [9.17, 15) is 0 Å². The van der Waals surface area contributed by atoms with Gasteiger partial charge < -0.3 is 4.74 Å². The van der Waals surface area contributed by atoms with Crippen molar-refractivity contribution >= 4 is 11.0 Å². The molecule has 4 nitrogen and oxygen atoms in total. The van der Waals surface area contributed by atoms with Crippen LogP contribution in [0.25, 0.3) is 83.9 Å². The number of fused-ring (bicyclic) bond motifs is 5. The predicted molar refractivity (Wildman–Crippen MR) is 266 cm³/mol. The molecule has 4 heteroatoms. The van der Waals surface area contributed by atoms with E-state index < -0.39 is 11.7 Å². The van der Waals surface area contributed by atoms with Crippen LogP contribution in [0.4, 0.5) is 0 Å². The molecule has 12 rings (SSSR count). The molecule has 1 atom stereocenters. The molecule has 0 saturated carbocycles. The second-order valence-corrected chi connectivity index (χ2v) is 20.7. The van der Waals surface area contributed by atoms with Crippen molar-refractivity contribution in [2.24, 2.45) is 0 Å². The molecule has 0 saturated heterocycles. The third-order valence-electron chi connectivity index (χ3n) is 14.3. The summed E-state index contributed by atoms with van der Waals surface area (Å²) >= 11 is 0. The Labute approximate surface area is 384 Å². The molecule has 5 heterocycles. The molecule has 65 heavy (non-hydrogen) atoms. The van der Waals surface area contributed by atoms with Gasteiger partial charge in [-0.1, -0.05) is 152 Å². The third-order valence-corrected chi connectivity index (χ3v) is 14.3. The molecule has 1 spiro atoms. The van der Waals surface area contributed by atoms with Gasteiger partial charge in [-0.2, -0.15) is 4.57 Å². The maximum Gasteiger partial charge on any atom is 0.499 e. The fraction of sp³-hybridized carbons (Fsp3) is 0.213. The molecule has 0 bridgehead atoms. The number of rotatable bonds is 5. The molecule has 0 fully saturated rings. The second kappa shape index (κ2) is 13.7. The van der Waals surface area contributed by atoms with E-state index >= 15 is 0 Å². The number of aromatic nitrogens is 3. The van der Waals surface area contributed by atoms with Gasteiger partial charge in [-0.25, -0.2) is 0 Å². The van der Waals surface area contributed by atoms with Crippen molar-refractivity contribution in [2.45, 2.75) is 84.9 Å². The first-order valence-corrected chi connectivity index (χ1v) is 23.1. The molecule has 3 aliphatic rings. The number of hydrogen-bond acceptors (Lipinski definition) is 1. The standard InChI is InChI=1S/C61H55N3O/c1-37(2)39-22-24-40(25-23-39)43-30-31-62-53(33-43)51-35-45(60(7,8)9)34-50-46-19-15-20-52-57(46)64-58(47-18-13-14-21-55(47)65-61(62,64)56(50)51)63(52)54-32-38(3)48(41-16-11-10-12-17-41)36-49(54)42-26-28-44(29-27-42)59(4,5)6/h10-37H,1-9H3/q+2/i37D. The van der Waals surface area contributed by atoms with Gasteiger partial charge in [-0.05, 0) is 122 Å². The molecular formula is C61H55N3O+2. The van der Waals surface area contributed by atoms with Gasteiger partial charge in [-0.3, -0.25) is 0 Å². The van der Waals surface area contributed by atoms with E-state index in [1.165, 1.54) is 55.6 Å². The van der Waals surface area contributed by atoms with Crippen LogP contribution in [-0.4, -0.2) is 4.57 Å². The summed E-state index contributed by atoms with van der Waals surface area (Å²) in [5, 5.41) is 0. The van der Waals surface area contributed by atoms with Crippen molar-refractivity contribution in [3.63, 3.8) is 0 Å². The van der Waals surface area contributed by atoms with Crippen molar-refractivity contribution in [3.05, 3.63) is 192 Å². The molecule has 0 amide bonds. The van der Waals surface area contributed by atoms with Gasteiger partial charge in [0, 0.05) is 30.2 Å². The van der Waals surface area contributed by atoms with E-state index in [4.69, 9.17) is 6.11 Å². The Bertz CT molecular complexity index is 3490. The molecule has 0 aliphatic carbocycles. The molecule has 2 aromatic heterocycles. The number of para-hydroxylation sites is 2. The number of pyridine rings is 1. The van der Waals surface area contributed by atoms with Gasteiger partial charge in [0.1, 0.15) is 22.6 Å². The number of hydrogen-bond donors (Lipinski definition) is 0. The van der Waals surface area contributed by atoms with Crippen LogP contribution in [0, 0.1) is 6.92 Å². The van der Waals surface area contributed by atoms with Crippen LogP contribution < -0.4 is 13.9 Å². The van der Waals surface area contributed by atoms with Crippen LogP contribution in [0.3, 0.4) is 0 Å². The first kappa shape index (κ1) is 38.4. The van der Waals surface area contributed by atoms with Gasteiger partial charge in [0.15, 0.2) is 17.2 Å². The summed E-state index contributed by atoms with van der Waals surface area (Å²) in [7, 11) is 0. The molecular weight excluding hydrogens is 791 g/mol. The normalized spacial score (nSPS) is 15.9. The van der Waals surface area contributed by atoms with Crippen molar-refractivity contribution in [1.29, 1.82) is 0 Å². The summed E-state index contributed by atoms with van der Waals surface area (Å²) in [6.45, 7) is 19.9. The van der Waals surface area contributed by atoms with Crippen molar-refractivity contribution in [3.8, 4) is 78.6 Å². The highest BCUT2D eigenvalue weighted by molar-refractivity contribution is 5.99. The van der Waals surface area contributed by atoms with Crippen molar-refractivity contribution in [2.75, 3.05) is 0 Å². The lowest BCUT2D eigenvalue weighted by molar-refractivity contribution is -0.997. The van der Waals surface area contributed by atoms with E-state index in [2.05, 4.69) is 226 Å². The number of nitrogens with zero attached hydrogens (tertiary/aromatic N) is 3. The molecule has 318 valence electrons. The minimum absolute atomic E-state index is 0.0284. The number of ether oxygens (including phenoxy) is 1. The highest BCUT2D eigenvalue weighted by Crippen LogP contribution is 2.54. The van der Waals surface area contributed by atoms with Crippen LogP contribution >= 0.6 is 0 Å². The number of imidazole rings is 1. The first-order valence-electron chi connectivity index (χ1n) is 23.6. The largest absolute Gasteiger partial charge is 0.499 e. The second-order valence-electron chi connectivity index (χ2n) is 20.7. The Balaban J connectivity index is 1.20. The van der Waals surface area contributed by atoms with Gasteiger partial charge in [0.25, 0.3) is 0 Å². The maximum absolute atomic E-state index is 8.66. The summed E-state index contributed by atoms with van der Waals surface area (Å²) < 4.78 is 23.8. The zero-order chi connectivity index (χ0) is 45.7. The predicted octanol–water partition coefficient (Wildman–Crippen LogP) is 14.5. The van der Waals surface area contributed by atoms with E-state index in [0.717, 1.165) is 61.8 Å². The minimum atomic E-state index is -1.07. The summed E-state index contributed by atoms with van der Waals surface area (Å²) in [4.78, 5) is 0. The lowest BCUT2D eigenvalue weighted by Gasteiger charge is -2.33. The molecule has 9 aromatic rings. The first-order chi connectivity index (χ1) is 31.5. The van der Waals surface area contributed by atoms with Crippen molar-refractivity contribution < 1.29 is 15.2 Å². The zero-order valence-corrected chi connectivity index (χ0v) is 38.8. The Hall–Kier alpha value is -7.04. The fourth-order valence-electron chi connectivity index (χ4n) is 10.8.